The predicted octanol–water partition coefficient (Wildman–Crippen LogP) is 3.21. The second-order valence-corrected chi connectivity index (χ2v) is 7.46. The topological polar surface area (TPSA) is 138 Å². The van der Waals surface area contributed by atoms with Crippen molar-refractivity contribution in [3.63, 3.8) is 0 Å². The summed E-state index contributed by atoms with van der Waals surface area (Å²) in [5.41, 5.74) is 7.64. The minimum absolute atomic E-state index is 0.0127. The highest BCUT2D eigenvalue weighted by atomic mass is 32.1. The van der Waals surface area contributed by atoms with Crippen molar-refractivity contribution in [1.82, 2.24) is 5.32 Å². The van der Waals surface area contributed by atoms with Crippen molar-refractivity contribution in [3.8, 4) is 28.2 Å². The first-order chi connectivity index (χ1) is 15.4. The lowest BCUT2D eigenvalue weighted by atomic mass is 9.90. The molecule has 2 aliphatic rings. The lowest BCUT2D eigenvalue weighted by Gasteiger charge is -2.18. The van der Waals surface area contributed by atoms with Gasteiger partial charge < -0.3 is 31.0 Å². The summed E-state index contributed by atoms with van der Waals surface area (Å²) in [6, 6.07) is 13.8. The molecule has 0 spiro atoms. The normalized spacial score (nSPS) is 10.9. The number of aromatic carboxylic acids is 1. The number of nitrogens with two attached hydrogens (primary N) is 1. The van der Waals surface area contributed by atoms with Crippen LogP contribution in [0.1, 0.15) is 10.4 Å². The maximum Gasteiger partial charge on any atom is 0.336 e. The number of benzene rings is 3. The minimum atomic E-state index is -1.13. The fourth-order valence-corrected chi connectivity index (χ4v) is 3.75. The van der Waals surface area contributed by atoms with Crippen LogP contribution in [0.25, 0.3) is 33.4 Å². The lowest BCUT2D eigenvalue weighted by molar-refractivity contribution is 0.0698. The van der Waals surface area contributed by atoms with E-state index < -0.39 is 5.97 Å². The predicted molar refractivity (Wildman–Crippen MR) is 126 cm³/mol. The van der Waals surface area contributed by atoms with Gasteiger partial charge in [-0.25, -0.2) is 4.79 Å². The minimum Gasteiger partial charge on any atom is -0.508 e. The van der Waals surface area contributed by atoms with Crippen molar-refractivity contribution >= 4 is 40.0 Å². The molecular weight excluding hydrogens is 430 g/mol. The van der Waals surface area contributed by atoms with E-state index in [4.69, 9.17) is 22.4 Å². The summed E-state index contributed by atoms with van der Waals surface area (Å²) in [7, 11) is 0. The van der Waals surface area contributed by atoms with Crippen LogP contribution < -0.4 is 21.8 Å². The van der Waals surface area contributed by atoms with Crippen LogP contribution in [0.5, 0.6) is 5.75 Å². The van der Waals surface area contributed by atoms with Gasteiger partial charge in [0.05, 0.1) is 5.56 Å². The molecule has 9 heteroatoms. The smallest absolute Gasteiger partial charge is 0.336 e. The Labute approximate surface area is 187 Å². The highest BCUT2D eigenvalue weighted by molar-refractivity contribution is 7.80. The van der Waals surface area contributed by atoms with Crippen molar-refractivity contribution in [2.45, 2.75) is 0 Å². The Hall–Kier alpha value is -3.95. The molecule has 1 aliphatic carbocycles. The van der Waals surface area contributed by atoms with Gasteiger partial charge in [0.1, 0.15) is 17.1 Å². The van der Waals surface area contributed by atoms with Gasteiger partial charge in [-0.2, -0.15) is 0 Å². The van der Waals surface area contributed by atoms with E-state index in [1.807, 2.05) is 0 Å². The van der Waals surface area contributed by atoms with E-state index in [2.05, 4.69) is 10.6 Å². The molecule has 0 atom stereocenters. The molecule has 0 amide bonds. The van der Waals surface area contributed by atoms with E-state index >= 15 is 0 Å². The molecule has 4 rings (SSSR count). The quantitative estimate of drug-likeness (QED) is 0.230. The number of nitrogens with one attached hydrogen (secondary N) is 2. The zero-order chi connectivity index (χ0) is 22.8. The Morgan fingerprint density at radius 1 is 1.06 bits per heavy atom. The molecule has 0 bridgehead atoms. The van der Waals surface area contributed by atoms with Crippen LogP contribution in [-0.4, -0.2) is 34.4 Å². The van der Waals surface area contributed by atoms with Crippen LogP contribution in [0.2, 0.25) is 0 Å². The van der Waals surface area contributed by atoms with Crippen molar-refractivity contribution in [1.29, 1.82) is 0 Å². The maximum absolute atomic E-state index is 12.2. The number of hydrogen-bond acceptors (Lipinski definition) is 6. The van der Waals surface area contributed by atoms with Gasteiger partial charge in [0.15, 0.2) is 10.5 Å². The summed E-state index contributed by atoms with van der Waals surface area (Å²) in [5, 5.41) is 26.6. The second kappa shape index (κ2) is 8.66. The van der Waals surface area contributed by atoms with E-state index in [0.717, 1.165) is 0 Å². The highest BCUT2D eigenvalue weighted by Gasteiger charge is 2.22. The molecule has 0 aromatic heterocycles. The number of carboxylic acid groups (broad SMARTS) is 1. The zero-order valence-corrected chi connectivity index (χ0v) is 17.5. The average Bonchev–Trinajstić information content (AvgIpc) is 2.76. The van der Waals surface area contributed by atoms with Gasteiger partial charge in [0, 0.05) is 47.4 Å². The fraction of sp³-hybridized carbons (Fsp3) is 0.0870. The number of phenols is 1. The van der Waals surface area contributed by atoms with Gasteiger partial charge in [-0.3, -0.25) is 4.79 Å². The van der Waals surface area contributed by atoms with Crippen LogP contribution in [0.4, 0.5) is 5.69 Å². The summed E-state index contributed by atoms with van der Waals surface area (Å²) in [4.78, 5) is 24.1. The third kappa shape index (κ3) is 4.11. The van der Waals surface area contributed by atoms with Crippen LogP contribution in [0.3, 0.4) is 0 Å². The molecule has 1 heterocycles. The number of carboxylic acids is 1. The number of fused-ring (bicyclic) bond motifs is 2. The lowest BCUT2D eigenvalue weighted by Crippen LogP contribution is -2.32. The Morgan fingerprint density at radius 2 is 1.84 bits per heavy atom. The summed E-state index contributed by atoms with van der Waals surface area (Å²) in [5.74, 6) is -0.858. The molecule has 0 radical (unpaired) electrons. The van der Waals surface area contributed by atoms with Crippen LogP contribution in [0.15, 0.2) is 63.8 Å². The van der Waals surface area contributed by atoms with E-state index in [1.54, 1.807) is 24.3 Å². The van der Waals surface area contributed by atoms with Crippen LogP contribution in [-0.2, 0) is 0 Å². The standard InChI is InChI=1S/C23H19N3O5S/c24-7-8-25-23(32)26-12-1-4-15(18(9-12)22(29)30)21-16-5-2-13(27)10-19(16)31-20-11-14(28)3-6-17(20)21/h1-6,9-11,27H,7-8,24H2,(H,29,30)(H2,25,26,32). The van der Waals surface area contributed by atoms with Gasteiger partial charge in [0.25, 0.3) is 0 Å². The van der Waals surface area contributed by atoms with Gasteiger partial charge >= 0.3 is 5.97 Å². The van der Waals surface area contributed by atoms with E-state index in [-0.39, 0.29) is 22.5 Å². The van der Waals surface area contributed by atoms with Crippen LogP contribution in [0, 0.1) is 0 Å². The Morgan fingerprint density at radius 3 is 2.59 bits per heavy atom. The number of carbonyl (C=O) groups is 1. The fourth-order valence-electron chi connectivity index (χ4n) is 3.53. The SMILES string of the molecule is NCCNC(=S)Nc1ccc(-c2c3ccc(=O)cc-3oc3cc(O)ccc23)c(C(=O)O)c1. The number of rotatable bonds is 5. The van der Waals surface area contributed by atoms with Gasteiger partial charge in [-0.1, -0.05) is 6.07 Å². The first-order valence-electron chi connectivity index (χ1n) is 9.69. The molecule has 0 fully saturated rings. The molecule has 8 nitrogen and oxygen atoms in total. The van der Waals surface area contributed by atoms with Gasteiger partial charge in [-0.15, -0.1) is 0 Å². The summed E-state index contributed by atoms with van der Waals surface area (Å²) in [6.07, 6.45) is 0. The number of hydrogen-bond donors (Lipinski definition) is 5. The first-order valence-corrected chi connectivity index (χ1v) is 10.1. The Bertz CT molecular complexity index is 1380. The molecule has 0 saturated heterocycles. The number of anilines is 1. The molecule has 2 aromatic rings. The van der Waals surface area contributed by atoms with Gasteiger partial charge in [0.2, 0.25) is 0 Å². The van der Waals surface area contributed by atoms with Crippen molar-refractivity contribution in [3.05, 3.63) is 70.4 Å². The summed E-state index contributed by atoms with van der Waals surface area (Å²) >= 11 is 5.20. The third-order valence-electron chi connectivity index (χ3n) is 4.88. The molecule has 0 unspecified atom stereocenters. The molecule has 32 heavy (non-hydrogen) atoms. The number of aromatic hydroxyl groups is 1. The van der Waals surface area contributed by atoms with Gasteiger partial charge in [-0.05, 0) is 54.2 Å². The summed E-state index contributed by atoms with van der Waals surface area (Å²) < 4.78 is 5.83. The van der Waals surface area contributed by atoms with E-state index in [9.17, 15) is 19.8 Å². The monoisotopic (exact) mass is 449 g/mol. The van der Waals surface area contributed by atoms with Crippen molar-refractivity contribution in [2.75, 3.05) is 18.4 Å². The largest absolute Gasteiger partial charge is 0.508 e. The third-order valence-corrected chi connectivity index (χ3v) is 5.13. The zero-order valence-electron chi connectivity index (χ0n) is 16.7. The van der Waals surface area contributed by atoms with E-state index in [0.29, 0.717) is 51.5 Å². The van der Waals surface area contributed by atoms with Crippen LogP contribution >= 0.6 is 12.2 Å². The van der Waals surface area contributed by atoms with E-state index in [1.165, 1.54) is 30.3 Å². The molecule has 1 aliphatic heterocycles. The number of thiocarbonyl (C=S) groups is 1. The highest BCUT2D eigenvalue weighted by Crippen LogP contribution is 2.42. The average molecular weight is 449 g/mol. The Kier molecular flexibility index (Phi) is 5.76. The molecule has 2 aromatic carbocycles. The molecular formula is C23H19N3O5S. The number of phenolic OH excluding ortho intramolecular Hbond substituents is 1. The molecule has 0 saturated carbocycles. The summed E-state index contributed by atoms with van der Waals surface area (Å²) in [6.45, 7) is 0.886. The first kappa shape index (κ1) is 21.3. The molecule has 162 valence electrons. The van der Waals surface area contributed by atoms with Crippen molar-refractivity contribution < 1.29 is 19.4 Å². The molecule has 6 N–H and O–H groups in total. The maximum atomic E-state index is 12.2. The van der Waals surface area contributed by atoms with Crippen molar-refractivity contribution in [2.24, 2.45) is 5.73 Å². The Balaban J connectivity index is 1.94. The second-order valence-electron chi connectivity index (χ2n) is 7.05.